The molecule has 2 nitrogen and oxygen atoms in total. The number of rotatable bonds is 4. The molecule has 14 heavy (non-hydrogen) atoms. The molecule has 1 aromatic rings. The van der Waals surface area contributed by atoms with Gasteiger partial charge in [0.1, 0.15) is 0 Å². The lowest BCUT2D eigenvalue weighted by Crippen LogP contribution is -2.36. The summed E-state index contributed by atoms with van der Waals surface area (Å²) >= 11 is 5.26. The minimum Gasteiger partial charge on any atom is -0.324 e. The molecule has 0 aliphatic heterocycles. The fourth-order valence-electron chi connectivity index (χ4n) is 1.61. The number of likely N-dealkylation sites (N-methyl/N-ethyl adjacent to an activating group) is 1. The fraction of sp³-hybridized carbons (Fsp3) is 0.600. The molecule has 78 valence electrons. The highest BCUT2D eigenvalue weighted by Crippen LogP contribution is 2.33. The van der Waals surface area contributed by atoms with E-state index in [1.807, 2.05) is 0 Å². The molecule has 0 saturated heterocycles. The maximum Gasteiger partial charge on any atom is 0.0326 e. The van der Waals surface area contributed by atoms with Crippen molar-refractivity contribution in [1.82, 2.24) is 4.90 Å². The van der Waals surface area contributed by atoms with Crippen LogP contribution in [0.3, 0.4) is 0 Å². The molecule has 2 N–H and O–H groups in total. The second-order valence-electron chi connectivity index (χ2n) is 4.27. The molecule has 1 heterocycles. The number of nitrogens with two attached hydrogens (primary N) is 1. The van der Waals surface area contributed by atoms with E-state index in [0.717, 1.165) is 13.1 Å². The van der Waals surface area contributed by atoms with E-state index in [9.17, 15) is 0 Å². The Morgan fingerprint density at radius 1 is 1.64 bits per heavy atom. The number of halogens is 1. The first-order valence-corrected chi connectivity index (χ1v) is 6.45. The summed E-state index contributed by atoms with van der Waals surface area (Å²) in [5, 5.41) is 2.12. The molecule has 1 aromatic heterocycles. The van der Waals surface area contributed by atoms with Crippen LogP contribution in [0.4, 0.5) is 0 Å². The van der Waals surface area contributed by atoms with Crippen molar-refractivity contribution in [3.63, 3.8) is 0 Å². The Labute approximate surface area is 97.2 Å². The summed E-state index contributed by atoms with van der Waals surface area (Å²) in [5.74, 6) is 0. The normalized spacial score (nSPS) is 18.9. The molecular weight excluding hydrogens is 260 g/mol. The molecule has 0 amide bonds. The van der Waals surface area contributed by atoms with E-state index in [1.54, 1.807) is 11.3 Å². The summed E-state index contributed by atoms with van der Waals surface area (Å²) in [7, 11) is 2.14. The minimum absolute atomic E-state index is 0.128. The quantitative estimate of drug-likeness (QED) is 0.914. The van der Waals surface area contributed by atoms with E-state index in [-0.39, 0.29) is 5.54 Å². The Balaban J connectivity index is 1.85. The molecule has 0 bridgehead atoms. The Kier molecular flexibility index (Phi) is 2.98. The van der Waals surface area contributed by atoms with E-state index < -0.39 is 0 Å². The van der Waals surface area contributed by atoms with Gasteiger partial charge in [-0.25, -0.2) is 0 Å². The third-order valence-corrected chi connectivity index (χ3v) is 4.21. The molecule has 0 unspecified atom stereocenters. The van der Waals surface area contributed by atoms with Crippen LogP contribution >= 0.6 is 27.3 Å². The van der Waals surface area contributed by atoms with Gasteiger partial charge in [0.2, 0.25) is 0 Å². The monoisotopic (exact) mass is 274 g/mol. The molecule has 1 saturated carbocycles. The molecular formula is C10H15BrN2S. The van der Waals surface area contributed by atoms with Crippen molar-refractivity contribution in [2.45, 2.75) is 24.9 Å². The topological polar surface area (TPSA) is 29.3 Å². The first-order chi connectivity index (χ1) is 6.57. The van der Waals surface area contributed by atoms with Crippen molar-refractivity contribution in [2.75, 3.05) is 13.6 Å². The molecule has 0 aromatic carbocycles. The van der Waals surface area contributed by atoms with Gasteiger partial charge in [0, 0.05) is 33.4 Å². The second kappa shape index (κ2) is 3.93. The molecule has 1 fully saturated rings. The summed E-state index contributed by atoms with van der Waals surface area (Å²) in [6.45, 7) is 2.03. The predicted octanol–water partition coefficient (Wildman–Crippen LogP) is 2.43. The molecule has 2 rings (SSSR count). The van der Waals surface area contributed by atoms with Crippen molar-refractivity contribution >= 4 is 27.3 Å². The lowest BCUT2D eigenvalue weighted by molar-refractivity contribution is 0.298. The van der Waals surface area contributed by atoms with Gasteiger partial charge in [-0.1, -0.05) is 0 Å². The first-order valence-electron chi connectivity index (χ1n) is 4.78. The van der Waals surface area contributed by atoms with Gasteiger partial charge >= 0.3 is 0 Å². The van der Waals surface area contributed by atoms with Crippen molar-refractivity contribution < 1.29 is 0 Å². The van der Waals surface area contributed by atoms with Crippen LogP contribution in [-0.4, -0.2) is 24.0 Å². The average Bonchev–Trinajstić information content (AvgIpc) is 2.64. The van der Waals surface area contributed by atoms with Gasteiger partial charge in [-0.3, -0.25) is 4.90 Å². The van der Waals surface area contributed by atoms with E-state index in [4.69, 9.17) is 5.73 Å². The van der Waals surface area contributed by atoms with Gasteiger partial charge < -0.3 is 5.73 Å². The predicted molar refractivity (Wildman–Crippen MR) is 64.5 cm³/mol. The average molecular weight is 275 g/mol. The second-order valence-corrected chi connectivity index (χ2v) is 6.18. The molecule has 1 aliphatic carbocycles. The number of thiophene rings is 1. The lowest BCUT2D eigenvalue weighted by Gasteiger charge is -2.19. The van der Waals surface area contributed by atoms with Crippen molar-refractivity contribution in [2.24, 2.45) is 5.73 Å². The van der Waals surface area contributed by atoms with Crippen LogP contribution in [-0.2, 0) is 6.54 Å². The van der Waals surface area contributed by atoms with Crippen LogP contribution < -0.4 is 5.73 Å². The number of nitrogens with zero attached hydrogens (tertiary/aromatic N) is 1. The summed E-state index contributed by atoms with van der Waals surface area (Å²) in [6.07, 6.45) is 2.37. The van der Waals surface area contributed by atoms with Gasteiger partial charge in [0.15, 0.2) is 0 Å². The lowest BCUT2D eigenvalue weighted by atomic mass is 10.2. The fourth-order valence-corrected chi connectivity index (χ4v) is 3.15. The number of hydrogen-bond donors (Lipinski definition) is 1. The maximum absolute atomic E-state index is 6.06. The zero-order chi connectivity index (χ0) is 10.2. The summed E-state index contributed by atoms with van der Waals surface area (Å²) in [6, 6.07) is 2.18. The highest BCUT2D eigenvalue weighted by molar-refractivity contribution is 9.10. The molecule has 0 spiro atoms. The van der Waals surface area contributed by atoms with Crippen molar-refractivity contribution in [1.29, 1.82) is 0 Å². The first kappa shape index (κ1) is 10.6. The highest BCUT2D eigenvalue weighted by Gasteiger charge is 2.38. The van der Waals surface area contributed by atoms with E-state index in [0.29, 0.717) is 0 Å². The third-order valence-electron chi connectivity index (χ3n) is 2.52. The van der Waals surface area contributed by atoms with Crippen LogP contribution in [0, 0.1) is 0 Å². The third kappa shape index (κ3) is 2.79. The maximum atomic E-state index is 6.06. The molecule has 0 atom stereocenters. The highest BCUT2D eigenvalue weighted by atomic mass is 79.9. The number of hydrogen-bond acceptors (Lipinski definition) is 3. The Bertz CT molecular complexity index is 320. The largest absolute Gasteiger partial charge is 0.324 e. The molecule has 4 heteroatoms. The zero-order valence-electron chi connectivity index (χ0n) is 8.29. The van der Waals surface area contributed by atoms with E-state index >= 15 is 0 Å². The van der Waals surface area contributed by atoms with Gasteiger partial charge in [0.05, 0.1) is 0 Å². The SMILES string of the molecule is CN(Cc1cc(Br)cs1)CC1(N)CC1. The van der Waals surface area contributed by atoms with Crippen LogP contribution in [0.1, 0.15) is 17.7 Å². The van der Waals surface area contributed by atoms with Crippen LogP contribution in [0.2, 0.25) is 0 Å². The summed E-state index contributed by atoms with van der Waals surface area (Å²) in [5.41, 5.74) is 6.19. The summed E-state index contributed by atoms with van der Waals surface area (Å²) in [4.78, 5) is 3.70. The Hall–Kier alpha value is 0.1000. The minimum atomic E-state index is 0.128. The van der Waals surface area contributed by atoms with E-state index in [2.05, 4.69) is 39.3 Å². The van der Waals surface area contributed by atoms with Gasteiger partial charge in [-0.15, -0.1) is 11.3 Å². The van der Waals surface area contributed by atoms with Crippen LogP contribution in [0.5, 0.6) is 0 Å². The van der Waals surface area contributed by atoms with Crippen LogP contribution in [0.15, 0.2) is 15.9 Å². The Morgan fingerprint density at radius 2 is 2.36 bits per heavy atom. The smallest absolute Gasteiger partial charge is 0.0326 e. The van der Waals surface area contributed by atoms with Crippen molar-refractivity contribution in [3.05, 3.63) is 20.8 Å². The standard InChI is InChI=1S/C10H15BrN2S/c1-13(7-10(12)2-3-10)5-9-4-8(11)6-14-9/h4,6H,2-3,5,7,12H2,1H3. The molecule has 0 radical (unpaired) electrons. The van der Waals surface area contributed by atoms with Crippen LogP contribution in [0.25, 0.3) is 0 Å². The zero-order valence-corrected chi connectivity index (χ0v) is 10.7. The summed E-state index contributed by atoms with van der Waals surface area (Å²) < 4.78 is 1.18. The van der Waals surface area contributed by atoms with Gasteiger partial charge in [0.25, 0.3) is 0 Å². The van der Waals surface area contributed by atoms with Gasteiger partial charge in [-0.2, -0.15) is 0 Å². The Morgan fingerprint density at radius 3 is 2.86 bits per heavy atom. The van der Waals surface area contributed by atoms with Crippen molar-refractivity contribution in [3.8, 4) is 0 Å². The van der Waals surface area contributed by atoms with E-state index in [1.165, 1.54) is 22.2 Å². The molecule has 1 aliphatic rings. The van der Waals surface area contributed by atoms with Gasteiger partial charge in [-0.05, 0) is 41.9 Å².